The summed E-state index contributed by atoms with van der Waals surface area (Å²) in [6.07, 6.45) is 3.31. The standard InChI is InChI=1S/C32H47NO5/c1-22(2)26(17-25-13-14-29(36-6)31(18-25)37-16-10-15-35-5)19-28(33-21-24-11-8-7-9-12-24)30-20-27(23(3)4)32(34)38-30/h7-9,11-14,18,22-23,26-28,30,33H,10,15-17,19-21H2,1-6H3/t26-,27-,28-,30-/m0/s1. The number of carbonyl (C=O) groups excluding carboxylic acids is 1. The Morgan fingerprint density at radius 1 is 0.974 bits per heavy atom. The van der Waals surface area contributed by atoms with Crippen LogP contribution in [0.4, 0.5) is 0 Å². The topological polar surface area (TPSA) is 66.0 Å². The van der Waals surface area contributed by atoms with Crippen LogP contribution in [0, 0.1) is 23.7 Å². The van der Waals surface area contributed by atoms with E-state index in [4.69, 9.17) is 18.9 Å². The van der Waals surface area contributed by atoms with E-state index in [1.807, 2.05) is 12.1 Å². The van der Waals surface area contributed by atoms with Crippen molar-refractivity contribution in [2.75, 3.05) is 27.4 Å². The van der Waals surface area contributed by atoms with Crippen molar-refractivity contribution < 1.29 is 23.7 Å². The van der Waals surface area contributed by atoms with Gasteiger partial charge < -0.3 is 24.3 Å². The molecule has 210 valence electrons. The Hall–Kier alpha value is -2.57. The van der Waals surface area contributed by atoms with Gasteiger partial charge in [-0.1, -0.05) is 64.1 Å². The highest BCUT2D eigenvalue weighted by Gasteiger charge is 2.41. The van der Waals surface area contributed by atoms with Crippen LogP contribution in [0.2, 0.25) is 0 Å². The second-order valence-corrected chi connectivity index (χ2v) is 11.2. The number of nitrogens with one attached hydrogen (secondary N) is 1. The number of esters is 1. The van der Waals surface area contributed by atoms with Gasteiger partial charge in [0, 0.05) is 32.7 Å². The maximum absolute atomic E-state index is 12.7. The molecule has 0 radical (unpaired) electrons. The Bertz CT molecular complexity index is 977. The van der Waals surface area contributed by atoms with Crippen molar-refractivity contribution in [3.05, 3.63) is 59.7 Å². The van der Waals surface area contributed by atoms with Crippen molar-refractivity contribution in [3.63, 3.8) is 0 Å². The van der Waals surface area contributed by atoms with E-state index in [0.29, 0.717) is 25.0 Å². The van der Waals surface area contributed by atoms with E-state index in [9.17, 15) is 4.79 Å². The van der Waals surface area contributed by atoms with Crippen LogP contribution in [-0.2, 0) is 27.2 Å². The van der Waals surface area contributed by atoms with E-state index in [-0.39, 0.29) is 30.0 Å². The van der Waals surface area contributed by atoms with Crippen molar-refractivity contribution in [1.29, 1.82) is 0 Å². The van der Waals surface area contributed by atoms with E-state index in [1.165, 1.54) is 11.1 Å². The van der Waals surface area contributed by atoms with Gasteiger partial charge in [-0.25, -0.2) is 0 Å². The second-order valence-electron chi connectivity index (χ2n) is 11.2. The minimum Gasteiger partial charge on any atom is -0.493 e. The van der Waals surface area contributed by atoms with Gasteiger partial charge in [0.2, 0.25) is 0 Å². The Labute approximate surface area is 229 Å². The largest absolute Gasteiger partial charge is 0.493 e. The Kier molecular flexibility index (Phi) is 11.9. The molecule has 6 heteroatoms. The minimum absolute atomic E-state index is 0.0297. The molecule has 1 aliphatic rings. The summed E-state index contributed by atoms with van der Waals surface area (Å²) in [5.74, 6) is 2.57. The Morgan fingerprint density at radius 2 is 1.74 bits per heavy atom. The van der Waals surface area contributed by atoms with Crippen LogP contribution >= 0.6 is 0 Å². The SMILES string of the molecule is COCCCOc1cc(C[C@@H](C[C@H](NCc2ccccc2)[C@@H]2C[C@@H](C(C)C)C(=O)O2)C(C)C)ccc1OC. The maximum atomic E-state index is 12.7. The lowest BCUT2D eigenvalue weighted by Gasteiger charge is -2.30. The third-order valence-corrected chi connectivity index (χ3v) is 7.70. The molecule has 1 heterocycles. The van der Waals surface area contributed by atoms with Crippen LogP contribution in [0.5, 0.6) is 11.5 Å². The van der Waals surface area contributed by atoms with Gasteiger partial charge in [0.05, 0.1) is 19.6 Å². The fourth-order valence-electron chi connectivity index (χ4n) is 5.20. The van der Waals surface area contributed by atoms with Gasteiger partial charge in [-0.05, 0) is 60.3 Å². The molecule has 38 heavy (non-hydrogen) atoms. The molecule has 3 rings (SSSR count). The number of benzene rings is 2. The van der Waals surface area contributed by atoms with Crippen molar-refractivity contribution in [2.24, 2.45) is 23.7 Å². The molecule has 0 saturated carbocycles. The van der Waals surface area contributed by atoms with Crippen molar-refractivity contribution >= 4 is 5.97 Å². The molecule has 4 atom stereocenters. The van der Waals surface area contributed by atoms with E-state index in [2.05, 4.69) is 69.4 Å². The zero-order valence-corrected chi connectivity index (χ0v) is 24.1. The molecule has 0 amide bonds. The molecule has 1 fully saturated rings. The van der Waals surface area contributed by atoms with Gasteiger partial charge in [-0.15, -0.1) is 0 Å². The van der Waals surface area contributed by atoms with Crippen LogP contribution in [0.25, 0.3) is 0 Å². The number of cyclic esters (lactones) is 1. The molecule has 0 unspecified atom stereocenters. The molecule has 1 saturated heterocycles. The fraction of sp³-hybridized carbons (Fsp3) is 0.594. The summed E-state index contributed by atoms with van der Waals surface area (Å²) in [5, 5.41) is 3.76. The maximum Gasteiger partial charge on any atom is 0.309 e. The molecule has 2 aromatic rings. The minimum atomic E-state index is -0.115. The van der Waals surface area contributed by atoms with Gasteiger partial charge in [0.25, 0.3) is 0 Å². The summed E-state index contributed by atoms with van der Waals surface area (Å²) in [7, 11) is 3.37. The van der Waals surface area contributed by atoms with E-state index in [0.717, 1.165) is 43.7 Å². The molecule has 1 aliphatic heterocycles. The monoisotopic (exact) mass is 525 g/mol. The number of methoxy groups -OCH3 is 2. The lowest BCUT2D eigenvalue weighted by molar-refractivity contribution is -0.146. The summed E-state index contributed by atoms with van der Waals surface area (Å²) in [6, 6.07) is 16.7. The highest BCUT2D eigenvalue weighted by molar-refractivity contribution is 5.75. The third kappa shape index (κ3) is 8.74. The number of hydrogen-bond acceptors (Lipinski definition) is 6. The van der Waals surface area contributed by atoms with Crippen LogP contribution in [0.1, 0.15) is 58.1 Å². The first-order valence-electron chi connectivity index (χ1n) is 14.1. The average Bonchev–Trinajstić information content (AvgIpc) is 3.30. The third-order valence-electron chi connectivity index (χ3n) is 7.70. The zero-order valence-electron chi connectivity index (χ0n) is 24.1. The first-order chi connectivity index (χ1) is 18.3. The molecule has 6 nitrogen and oxygen atoms in total. The van der Waals surface area contributed by atoms with Crippen molar-refractivity contribution in [2.45, 2.75) is 72.1 Å². The molecule has 0 aliphatic carbocycles. The first kappa shape index (κ1) is 30.0. The summed E-state index contributed by atoms with van der Waals surface area (Å²) >= 11 is 0. The molecular formula is C32H47NO5. The van der Waals surface area contributed by atoms with Gasteiger partial charge >= 0.3 is 5.97 Å². The molecule has 0 aromatic heterocycles. The first-order valence-corrected chi connectivity index (χ1v) is 14.1. The van der Waals surface area contributed by atoms with Crippen LogP contribution in [0.15, 0.2) is 48.5 Å². The van der Waals surface area contributed by atoms with Gasteiger partial charge in [-0.2, -0.15) is 0 Å². The molecule has 0 bridgehead atoms. The molecule has 2 aromatic carbocycles. The summed E-state index contributed by atoms with van der Waals surface area (Å²) < 4.78 is 22.7. The van der Waals surface area contributed by atoms with Crippen LogP contribution in [0.3, 0.4) is 0 Å². The number of ether oxygens (including phenoxy) is 4. The normalized spacial score (nSPS) is 19.0. The molecular weight excluding hydrogens is 478 g/mol. The van der Waals surface area contributed by atoms with Gasteiger partial charge in [0.15, 0.2) is 11.5 Å². The quantitative estimate of drug-likeness (QED) is 0.212. The highest BCUT2D eigenvalue weighted by atomic mass is 16.6. The Balaban J connectivity index is 1.75. The van der Waals surface area contributed by atoms with E-state index >= 15 is 0 Å². The van der Waals surface area contributed by atoms with Gasteiger partial charge in [0.1, 0.15) is 6.10 Å². The summed E-state index contributed by atoms with van der Waals surface area (Å²) in [5.41, 5.74) is 2.45. The zero-order chi connectivity index (χ0) is 27.5. The predicted molar refractivity (Wildman–Crippen MR) is 152 cm³/mol. The van der Waals surface area contributed by atoms with Crippen LogP contribution in [-0.4, -0.2) is 45.5 Å². The number of carbonyl (C=O) groups is 1. The van der Waals surface area contributed by atoms with Crippen LogP contribution < -0.4 is 14.8 Å². The van der Waals surface area contributed by atoms with E-state index in [1.54, 1.807) is 14.2 Å². The number of rotatable bonds is 16. The average molecular weight is 526 g/mol. The smallest absolute Gasteiger partial charge is 0.309 e. The van der Waals surface area contributed by atoms with Crippen molar-refractivity contribution in [1.82, 2.24) is 5.32 Å². The summed E-state index contributed by atoms with van der Waals surface area (Å²) in [4.78, 5) is 12.7. The number of hydrogen-bond donors (Lipinski definition) is 1. The molecule has 1 N–H and O–H groups in total. The highest BCUT2D eigenvalue weighted by Crippen LogP contribution is 2.34. The van der Waals surface area contributed by atoms with Gasteiger partial charge in [-0.3, -0.25) is 4.79 Å². The second kappa shape index (κ2) is 15.1. The van der Waals surface area contributed by atoms with Crippen molar-refractivity contribution in [3.8, 4) is 11.5 Å². The Morgan fingerprint density at radius 3 is 2.37 bits per heavy atom. The summed E-state index contributed by atoms with van der Waals surface area (Å²) in [6.45, 7) is 10.8. The fourth-order valence-corrected chi connectivity index (χ4v) is 5.20. The lowest BCUT2D eigenvalue weighted by Crippen LogP contribution is -2.42. The van der Waals surface area contributed by atoms with E-state index < -0.39 is 0 Å². The lowest BCUT2D eigenvalue weighted by atomic mass is 9.81. The predicted octanol–water partition coefficient (Wildman–Crippen LogP) is 6.06. The molecule has 0 spiro atoms.